The van der Waals surface area contributed by atoms with Gasteiger partial charge in [-0.05, 0) is 25.0 Å². The van der Waals surface area contributed by atoms with E-state index < -0.39 is 0 Å². The van der Waals surface area contributed by atoms with Crippen LogP contribution in [0.3, 0.4) is 0 Å². The molecule has 1 saturated carbocycles. The number of aromatic nitrogens is 3. The maximum atomic E-state index is 11.6. The van der Waals surface area contributed by atoms with Crippen LogP contribution in [0.25, 0.3) is 5.69 Å². The number of rotatable bonds is 4. The number of nitrogens with one attached hydrogen (secondary N) is 1. The molecule has 0 unspecified atom stereocenters. The van der Waals surface area contributed by atoms with Crippen molar-refractivity contribution in [1.82, 2.24) is 20.3 Å². The topological polar surface area (TPSA) is 59.8 Å². The van der Waals surface area contributed by atoms with E-state index >= 15 is 0 Å². The van der Waals surface area contributed by atoms with Gasteiger partial charge in [0.25, 0.3) is 0 Å². The summed E-state index contributed by atoms with van der Waals surface area (Å²) < 4.78 is 1.74. The number of benzene rings is 1. The number of hydrogen-bond donors (Lipinski definition) is 1. The Morgan fingerprint density at radius 3 is 2.83 bits per heavy atom. The molecular weight excluding hydrogens is 228 g/mol. The number of carbonyl (C=O) groups is 1. The molecule has 1 aliphatic rings. The molecule has 0 saturated heterocycles. The minimum Gasteiger partial charge on any atom is -0.350 e. The molecule has 1 aromatic carbocycles. The van der Waals surface area contributed by atoms with Crippen LogP contribution in [0.2, 0.25) is 0 Å². The summed E-state index contributed by atoms with van der Waals surface area (Å²) in [5, 5.41) is 10.9. The zero-order valence-corrected chi connectivity index (χ0v) is 9.91. The highest BCUT2D eigenvalue weighted by molar-refractivity contribution is 5.80. The minimum atomic E-state index is 0.135. The zero-order chi connectivity index (χ0) is 12.4. The molecule has 0 atom stereocenters. The summed E-state index contributed by atoms with van der Waals surface area (Å²) in [6.45, 7) is 0.469. The summed E-state index contributed by atoms with van der Waals surface area (Å²) in [5.41, 5.74) is 1.83. The van der Waals surface area contributed by atoms with Crippen molar-refractivity contribution in [3.63, 3.8) is 0 Å². The summed E-state index contributed by atoms with van der Waals surface area (Å²) in [6.07, 6.45) is 3.71. The quantitative estimate of drug-likeness (QED) is 0.879. The zero-order valence-electron chi connectivity index (χ0n) is 9.91. The van der Waals surface area contributed by atoms with Gasteiger partial charge >= 0.3 is 0 Å². The smallest absolute Gasteiger partial charge is 0.223 e. The van der Waals surface area contributed by atoms with Crippen LogP contribution in [-0.4, -0.2) is 20.9 Å². The standard InChI is InChI=1S/C13H14N4O/c18-13(10-6-7-10)14-8-12-9-15-16-17(12)11-4-2-1-3-5-11/h1-5,9-10H,6-8H2,(H,14,18). The highest BCUT2D eigenvalue weighted by Crippen LogP contribution is 2.28. The molecule has 1 aliphatic carbocycles. The van der Waals surface area contributed by atoms with Crippen LogP contribution in [0.1, 0.15) is 18.5 Å². The molecule has 1 N–H and O–H groups in total. The van der Waals surface area contributed by atoms with Crippen molar-refractivity contribution < 1.29 is 4.79 Å². The van der Waals surface area contributed by atoms with E-state index in [1.807, 2.05) is 30.3 Å². The molecule has 1 heterocycles. The Balaban J connectivity index is 1.73. The van der Waals surface area contributed by atoms with Gasteiger partial charge in [0, 0.05) is 5.92 Å². The second-order valence-corrected chi connectivity index (χ2v) is 4.46. The van der Waals surface area contributed by atoms with Gasteiger partial charge in [0.05, 0.1) is 24.1 Å². The summed E-state index contributed by atoms with van der Waals surface area (Å²) in [4.78, 5) is 11.6. The van der Waals surface area contributed by atoms with Crippen LogP contribution < -0.4 is 5.32 Å². The molecule has 92 valence electrons. The lowest BCUT2D eigenvalue weighted by molar-refractivity contribution is -0.122. The van der Waals surface area contributed by atoms with Gasteiger partial charge in [0.1, 0.15) is 0 Å². The Bertz CT molecular complexity index is 545. The van der Waals surface area contributed by atoms with E-state index in [-0.39, 0.29) is 11.8 Å². The second kappa shape index (κ2) is 4.60. The molecule has 0 spiro atoms. The van der Waals surface area contributed by atoms with Gasteiger partial charge in [-0.1, -0.05) is 23.4 Å². The third-order valence-electron chi connectivity index (χ3n) is 3.01. The Kier molecular flexibility index (Phi) is 2.80. The monoisotopic (exact) mass is 242 g/mol. The molecule has 1 aromatic heterocycles. The molecule has 5 nitrogen and oxygen atoms in total. The molecule has 18 heavy (non-hydrogen) atoms. The molecule has 2 aromatic rings. The molecule has 3 rings (SSSR count). The lowest BCUT2D eigenvalue weighted by Crippen LogP contribution is -2.25. The Morgan fingerprint density at radius 1 is 1.33 bits per heavy atom. The average molecular weight is 242 g/mol. The average Bonchev–Trinajstić information content (AvgIpc) is 3.16. The van der Waals surface area contributed by atoms with E-state index in [9.17, 15) is 4.79 Å². The first-order valence-electron chi connectivity index (χ1n) is 6.07. The van der Waals surface area contributed by atoms with Crippen molar-refractivity contribution >= 4 is 5.91 Å². The van der Waals surface area contributed by atoms with Crippen molar-refractivity contribution in [2.75, 3.05) is 0 Å². The Labute approximate surface area is 105 Å². The van der Waals surface area contributed by atoms with E-state index in [0.717, 1.165) is 24.2 Å². The molecule has 0 aliphatic heterocycles. The number of amides is 1. The fourth-order valence-corrected chi connectivity index (χ4v) is 1.83. The highest BCUT2D eigenvalue weighted by Gasteiger charge is 2.29. The molecule has 5 heteroatoms. The van der Waals surface area contributed by atoms with Crippen LogP contribution in [0.5, 0.6) is 0 Å². The van der Waals surface area contributed by atoms with E-state index in [0.29, 0.717) is 6.54 Å². The van der Waals surface area contributed by atoms with Crippen LogP contribution in [0.15, 0.2) is 36.5 Å². The molecule has 0 bridgehead atoms. The van der Waals surface area contributed by atoms with Gasteiger partial charge in [-0.25, -0.2) is 4.68 Å². The van der Waals surface area contributed by atoms with Crippen molar-refractivity contribution in [3.05, 3.63) is 42.2 Å². The van der Waals surface area contributed by atoms with E-state index in [1.165, 1.54) is 0 Å². The summed E-state index contributed by atoms with van der Waals surface area (Å²) in [6, 6.07) is 9.77. The Hall–Kier alpha value is -2.17. The van der Waals surface area contributed by atoms with Gasteiger partial charge in [0.2, 0.25) is 5.91 Å². The van der Waals surface area contributed by atoms with Crippen molar-refractivity contribution in [2.45, 2.75) is 19.4 Å². The predicted octanol–water partition coefficient (Wildman–Crippen LogP) is 1.29. The lowest BCUT2D eigenvalue weighted by atomic mass is 10.3. The second-order valence-electron chi connectivity index (χ2n) is 4.46. The number of hydrogen-bond acceptors (Lipinski definition) is 3. The minimum absolute atomic E-state index is 0.135. The van der Waals surface area contributed by atoms with E-state index in [4.69, 9.17) is 0 Å². The van der Waals surface area contributed by atoms with Gasteiger partial charge in [-0.15, -0.1) is 5.10 Å². The largest absolute Gasteiger partial charge is 0.350 e. The third-order valence-corrected chi connectivity index (χ3v) is 3.01. The lowest BCUT2D eigenvalue weighted by Gasteiger charge is -2.07. The van der Waals surface area contributed by atoms with Gasteiger partial charge < -0.3 is 5.32 Å². The Morgan fingerprint density at radius 2 is 2.11 bits per heavy atom. The van der Waals surface area contributed by atoms with E-state index in [1.54, 1.807) is 10.9 Å². The first-order valence-corrected chi connectivity index (χ1v) is 6.07. The van der Waals surface area contributed by atoms with Gasteiger partial charge in [-0.3, -0.25) is 4.79 Å². The summed E-state index contributed by atoms with van der Waals surface area (Å²) in [5.74, 6) is 0.363. The van der Waals surface area contributed by atoms with E-state index in [2.05, 4.69) is 15.6 Å². The summed E-state index contributed by atoms with van der Waals surface area (Å²) in [7, 11) is 0. The normalized spacial score (nSPS) is 14.4. The van der Waals surface area contributed by atoms with Crippen LogP contribution in [-0.2, 0) is 11.3 Å². The number of para-hydroxylation sites is 1. The fourth-order valence-electron chi connectivity index (χ4n) is 1.83. The first kappa shape index (κ1) is 11.0. The molecular formula is C13H14N4O. The highest BCUT2D eigenvalue weighted by atomic mass is 16.2. The fraction of sp³-hybridized carbons (Fsp3) is 0.308. The predicted molar refractivity (Wildman–Crippen MR) is 65.9 cm³/mol. The number of carbonyl (C=O) groups excluding carboxylic acids is 1. The maximum absolute atomic E-state index is 11.6. The SMILES string of the molecule is O=C(NCc1cnnn1-c1ccccc1)C1CC1. The maximum Gasteiger partial charge on any atom is 0.223 e. The van der Waals surface area contributed by atoms with Crippen LogP contribution in [0.4, 0.5) is 0 Å². The van der Waals surface area contributed by atoms with Crippen molar-refractivity contribution in [2.24, 2.45) is 5.92 Å². The molecule has 0 radical (unpaired) electrons. The van der Waals surface area contributed by atoms with Crippen LogP contribution >= 0.6 is 0 Å². The first-order chi connectivity index (χ1) is 8.84. The van der Waals surface area contributed by atoms with Crippen LogP contribution in [0, 0.1) is 5.92 Å². The van der Waals surface area contributed by atoms with Crippen molar-refractivity contribution in [1.29, 1.82) is 0 Å². The third kappa shape index (κ3) is 2.25. The molecule has 1 fully saturated rings. The number of nitrogens with zero attached hydrogens (tertiary/aromatic N) is 3. The van der Waals surface area contributed by atoms with Gasteiger partial charge in [0.15, 0.2) is 0 Å². The summed E-state index contributed by atoms with van der Waals surface area (Å²) >= 11 is 0. The van der Waals surface area contributed by atoms with Crippen molar-refractivity contribution in [3.8, 4) is 5.69 Å². The molecule has 1 amide bonds. The van der Waals surface area contributed by atoms with Gasteiger partial charge in [-0.2, -0.15) is 0 Å².